The van der Waals surface area contributed by atoms with Gasteiger partial charge in [-0.25, -0.2) is 0 Å². The Bertz CT molecular complexity index is 872. The van der Waals surface area contributed by atoms with Gasteiger partial charge in [0, 0.05) is 16.8 Å². The molecule has 0 aromatic heterocycles. The van der Waals surface area contributed by atoms with E-state index in [-0.39, 0.29) is 40.3 Å². The molecule has 0 saturated carbocycles. The number of benzene rings is 2. The second-order valence-electron chi connectivity index (χ2n) is 3.72. The van der Waals surface area contributed by atoms with Crippen molar-refractivity contribution in [3.8, 4) is 5.75 Å². The van der Waals surface area contributed by atoms with Gasteiger partial charge in [0.2, 0.25) is 0 Å². The molecule has 2 aromatic carbocycles. The number of fused-ring (bicyclic) bond motifs is 1. The molecule has 104 valence electrons. The molecule has 2 aromatic rings. The Morgan fingerprint density at radius 3 is 1.80 bits per heavy atom. The van der Waals surface area contributed by atoms with Crippen molar-refractivity contribution in [2.24, 2.45) is 0 Å². The van der Waals surface area contributed by atoms with E-state index in [1.54, 1.807) is 0 Å². The molecule has 0 aliphatic rings. The first-order valence-corrected chi connectivity index (χ1v) is 7.70. The fourth-order valence-electron chi connectivity index (χ4n) is 1.76. The van der Waals surface area contributed by atoms with Crippen molar-refractivity contribution in [3.63, 3.8) is 0 Å². The molecule has 7 nitrogen and oxygen atoms in total. The van der Waals surface area contributed by atoms with Crippen molar-refractivity contribution >= 4 is 60.6 Å². The first kappa shape index (κ1) is 17.4. The van der Waals surface area contributed by atoms with Crippen LogP contribution in [0, 0.1) is 0 Å². The summed E-state index contributed by atoms with van der Waals surface area (Å²) in [6, 6.07) is 5.99. The summed E-state index contributed by atoms with van der Waals surface area (Å²) in [4.78, 5) is -2.05. The average molecular weight is 328 g/mol. The van der Waals surface area contributed by atoms with Gasteiger partial charge in [-0.15, -0.1) is 0 Å². The third-order valence-electron chi connectivity index (χ3n) is 2.48. The molecule has 10 heteroatoms. The predicted molar refractivity (Wildman–Crippen MR) is 72.4 cm³/mol. The van der Waals surface area contributed by atoms with E-state index in [4.69, 9.17) is 9.11 Å². The standard InChI is InChI=1S/C10H8O7S2.Na.H/c11-8-5-9(18(12,13)14)10(19(15,16)17)7-4-2-1-3-6(7)8;;/h1-5,11H,(H,12,13,14)(H,15,16,17);;. The van der Waals surface area contributed by atoms with Crippen molar-refractivity contribution < 1.29 is 31.0 Å². The zero-order chi connectivity index (χ0) is 14.4. The molecule has 0 unspecified atom stereocenters. The minimum atomic E-state index is -4.93. The summed E-state index contributed by atoms with van der Waals surface area (Å²) in [5, 5.41) is 9.47. The van der Waals surface area contributed by atoms with E-state index >= 15 is 0 Å². The van der Waals surface area contributed by atoms with Crippen molar-refractivity contribution in [2.75, 3.05) is 0 Å². The van der Waals surface area contributed by atoms with Crippen molar-refractivity contribution in [2.45, 2.75) is 9.79 Å². The number of phenolic OH excluding ortho intramolecular Hbond substituents is 1. The molecule has 0 radical (unpaired) electrons. The molecule has 0 aliphatic heterocycles. The van der Waals surface area contributed by atoms with Gasteiger partial charge in [0.1, 0.15) is 15.5 Å². The third-order valence-corrected chi connectivity index (χ3v) is 4.44. The summed E-state index contributed by atoms with van der Waals surface area (Å²) in [7, 11) is -9.84. The van der Waals surface area contributed by atoms with E-state index in [9.17, 15) is 21.9 Å². The molecule has 3 N–H and O–H groups in total. The number of phenols is 1. The fourth-order valence-corrected chi connectivity index (χ4v) is 3.77. The van der Waals surface area contributed by atoms with Crippen molar-refractivity contribution in [3.05, 3.63) is 30.3 Å². The Balaban J connectivity index is 0.00000200. The van der Waals surface area contributed by atoms with Gasteiger partial charge in [-0.3, -0.25) is 9.11 Å². The topological polar surface area (TPSA) is 129 Å². The van der Waals surface area contributed by atoms with E-state index in [2.05, 4.69) is 0 Å². The SMILES string of the molecule is O=S(=O)(O)c1cc(O)c2ccccc2c1S(=O)(=O)O.[NaH]. The molecule has 2 rings (SSSR count). The van der Waals surface area contributed by atoms with Gasteiger partial charge < -0.3 is 5.11 Å². The van der Waals surface area contributed by atoms with Crippen LogP contribution in [0.1, 0.15) is 0 Å². The van der Waals surface area contributed by atoms with Gasteiger partial charge in [0.05, 0.1) is 0 Å². The van der Waals surface area contributed by atoms with Gasteiger partial charge in [0.25, 0.3) is 20.2 Å². The third kappa shape index (κ3) is 3.14. The zero-order valence-electron chi connectivity index (χ0n) is 9.18. The molecule has 0 saturated heterocycles. The van der Waals surface area contributed by atoms with E-state index in [1.165, 1.54) is 24.3 Å². The van der Waals surface area contributed by atoms with Crippen LogP contribution >= 0.6 is 0 Å². The fraction of sp³-hybridized carbons (Fsp3) is 0. The molecule has 0 aliphatic carbocycles. The minimum absolute atomic E-state index is 0. The number of hydrogen-bond acceptors (Lipinski definition) is 5. The molecular weight excluding hydrogens is 319 g/mol. The van der Waals surface area contributed by atoms with Gasteiger partial charge in [-0.2, -0.15) is 16.8 Å². The average Bonchev–Trinajstić information content (AvgIpc) is 2.26. The predicted octanol–water partition coefficient (Wildman–Crippen LogP) is 0.390. The monoisotopic (exact) mass is 328 g/mol. The van der Waals surface area contributed by atoms with E-state index in [0.29, 0.717) is 6.07 Å². The van der Waals surface area contributed by atoms with Crippen LogP contribution < -0.4 is 0 Å². The van der Waals surface area contributed by atoms with E-state index < -0.39 is 35.8 Å². The molecule has 0 fully saturated rings. The Morgan fingerprint density at radius 1 is 0.850 bits per heavy atom. The maximum absolute atomic E-state index is 11.3. The molecule has 0 spiro atoms. The molecule has 0 amide bonds. The maximum atomic E-state index is 11.3. The molecular formula is C10H9NaO7S2. The second-order valence-corrected chi connectivity index (χ2v) is 6.47. The van der Waals surface area contributed by atoms with E-state index in [1.807, 2.05) is 0 Å². The summed E-state index contributed by atoms with van der Waals surface area (Å²) in [6.07, 6.45) is 0. The molecule has 20 heavy (non-hydrogen) atoms. The normalized spacial score (nSPS) is 12.1. The van der Waals surface area contributed by atoms with Crippen LogP contribution in [0.15, 0.2) is 40.1 Å². The van der Waals surface area contributed by atoms with Gasteiger partial charge >= 0.3 is 29.6 Å². The van der Waals surface area contributed by atoms with Crippen LogP contribution in [0.2, 0.25) is 0 Å². The quantitative estimate of drug-likeness (QED) is 0.537. The summed E-state index contributed by atoms with van der Waals surface area (Å²) in [6.45, 7) is 0. The summed E-state index contributed by atoms with van der Waals surface area (Å²) in [5.74, 6) is -0.532. The van der Waals surface area contributed by atoms with Crippen molar-refractivity contribution in [1.82, 2.24) is 0 Å². The molecule has 0 bridgehead atoms. The first-order valence-electron chi connectivity index (χ1n) is 4.82. The van der Waals surface area contributed by atoms with E-state index in [0.717, 1.165) is 0 Å². The number of hydrogen-bond donors (Lipinski definition) is 3. The first-order chi connectivity index (χ1) is 8.62. The molecule has 0 heterocycles. The van der Waals surface area contributed by atoms with Crippen LogP contribution in [0.25, 0.3) is 10.8 Å². The van der Waals surface area contributed by atoms with Crippen molar-refractivity contribution in [1.29, 1.82) is 0 Å². The van der Waals surface area contributed by atoms with Gasteiger partial charge in [-0.05, 0) is 0 Å². The Kier molecular flexibility index (Phi) is 4.87. The summed E-state index contributed by atoms with van der Waals surface area (Å²) >= 11 is 0. The van der Waals surface area contributed by atoms with Crippen LogP contribution in [0.4, 0.5) is 0 Å². The van der Waals surface area contributed by atoms with Gasteiger partial charge in [0.15, 0.2) is 0 Å². The summed E-state index contributed by atoms with van der Waals surface area (Å²) in [5.41, 5.74) is 0. The van der Waals surface area contributed by atoms with Gasteiger partial charge in [-0.1, -0.05) is 24.3 Å². The Hall–Kier alpha value is -0.680. The summed E-state index contributed by atoms with van der Waals surface area (Å²) < 4.78 is 63.1. The zero-order valence-corrected chi connectivity index (χ0v) is 10.8. The Morgan fingerprint density at radius 2 is 1.35 bits per heavy atom. The van der Waals surface area contributed by atoms with Crippen LogP contribution in [-0.4, -0.2) is 60.6 Å². The second kappa shape index (κ2) is 5.60. The number of rotatable bonds is 2. The molecule has 0 atom stereocenters. The Labute approximate surface area is 137 Å². The van der Waals surface area contributed by atoms with Crippen LogP contribution in [0.3, 0.4) is 0 Å². The van der Waals surface area contributed by atoms with Crippen LogP contribution in [0.5, 0.6) is 5.75 Å². The van der Waals surface area contributed by atoms with Crippen LogP contribution in [-0.2, 0) is 20.2 Å². The number of aromatic hydroxyl groups is 1.